The molecule has 0 saturated carbocycles. The fraction of sp³-hybridized carbons (Fsp3) is 0.923. The maximum atomic E-state index is 5.94. The van der Waals surface area contributed by atoms with Gasteiger partial charge in [-0.15, -0.1) is 0 Å². The molecule has 4 heteroatoms. The lowest BCUT2D eigenvalue weighted by Crippen LogP contribution is -2.37. The van der Waals surface area contributed by atoms with E-state index in [1.54, 1.807) is 0 Å². The zero-order chi connectivity index (χ0) is 12.7. The van der Waals surface area contributed by atoms with E-state index in [1.165, 1.54) is 32.4 Å². The molecule has 17 heavy (non-hydrogen) atoms. The minimum atomic E-state index is 0.711. The maximum absolute atomic E-state index is 5.94. The van der Waals surface area contributed by atoms with Crippen LogP contribution in [0.4, 0.5) is 0 Å². The lowest BCUT2D eigenvalue weighted by Gasteiger charge is -2.28. The van der Waals surface area contributed by atoms with Gasteiger partial charge in [0.2, 0.25) is 0 Å². The molecule has 0 atom stereocenters. The zero-order valence-corrected chi connectivity index (χ0v) is 11.7. The number of nitrogens with zero attached hydrogens (tertiary/aromatic N) is 3. The maximum Gasteiger partial charge on any atom is 0.191 e. The van der Waals surface area contributed by atoms with Crippen molar-refractivity contribution in [3.05, 3.63) is 0 Å². The molecule has 0 unspecified atom stereocenters. The van der Waals surface area contributed by atoms with Crippen molar-refractivity contribution in [2.45, 2.75) is 33.1 Å². The molecule has 1 fully saturated rings. The second-order valence-electron chi connectivity index (χ2n) is 4.95. The molecule has 1 rings (SSSR count). The number of rotatable bonds is 5. The van der Waals surface area contributed by atoms with Gasteiger partial charge in [-0.25, -0.2) is 0 Å². The molecular formula is C13H28N4. The van der Waals surface area contributed by atoms with Crippen LogP contribution < -0.4 is 5.73 Å². The first-order chi connectivity index (χ1) is 8.17. The molecular weight excluding hydrogens is 212 g/mol. The number of likely N-dealkylation sites (tertiary alicyclic amines) is 1. The van der Waals surface area contributed by atoms with Gasteiger partial charge in [0.25, 0.3) is 0 Å². The van der Waals surface area contributed by atoms with Crippen molar-refractivity contribution in [1.82, 2.24) is 9.80 Å². The Morgan fingerprint density at radius 3 is 2.41 bits per heavy atom. The molecule has 1 aliphatic rings. The molecule has 0 aromatic carbocycles. The Hall–Kier alpha value is -0.770. The molecule has 4 nitrogen and oxygen atoms in total. The molecule has 0 aliphatic carbocycles. The van der Waals surface area contributed by atoms with Gasteiger partial charge in [0, 0.05) is 19.6 Å². The third-order valence-electron chi connectivity index (χ3n) is 3.74. The summed E-state index contributed by atoms with van der Waals surface area (Å²) in [6.07, 6.45) is 3.82. The predicted octanol–water partition coefficient (Wildman–Crippen LogP) is 1.37. The summed E-state index contributed by atoms with van der Waals surface area (Å²) < 4.78 is 0. The van der Waals surface area contributed by atoms with Crippen molar-refractivity contribution in [2.75, 3.05) is 39.8 Å². The van der Waals surface area contributed by atoms with Crippen LogP contribution >= 0.6 is 0 Å². The topological polar surface area (TPSA) is 44.9 Å². The zero-order valence-electron chi connectivity index (χ0n) is 11.7. The Bertz CT molecular complexity index is 228. The average molecular weight is 240 g/mol. The van der Waals surface area contributed by atoms with Crippen LogP contribution in [-0.4, -0.2) is 55.5 Å². The van der Waals surface area contributed by atoms with Crippen LogP contribution in [0, 0.1) is 5.92 Å². The van der Waals surface area contributed by atoms with Crippen LogP contribution in [0.1, 0.15) is 33.1 Å². The van der Waals surface area contributed by atoms with E-state index in [2.05, 4.69) is 35.7 Å². The van der Waals surface area contributed by atoms with Gasteiger partial charge in [-0.3, -0.25) is 4.99 Å². The van der Waals surface area contributed by atoms with Crippen LogP contribution in [-0.2, 0) is 0 Å². The van der Waals surface area contributed by atoms with Crippen LogP contribution in [0.2, 0.25) is 0 Å². The summed E-state index contributed by atoms with van der Waals surface area (Å²) in [6.45, 7) is 9.47. The fourth-order valence-corrected chi connectivity index (χ4v) is 2.36. The first-order valence-electron chi connectivity index (χ1n) is 6.90. The molecule has 0 aromatic rings. The second-order valence-corrected chi connectivity index (χ2v) is 4.95. The number of aliphatic imine (C=N–C) groups is 1. The lowest BCUT2D eigenvalue weighted by molar-refractivity contribution is 0.214. The van der Waals surface area contributed by atoms with Gasteiger partial charge in [0.15, 0.2) is 5.96 Å². The molecule has 1 aliphatic heterocycles. The Balaban J connectivity index is 2.24. The molecule has 0 aromatic heterocycles. The third kappa shape index (κ3) is 4.94. The smallest absolute Gasteiger partial charge is 0.191 e. The number of guanidine groups is 1. The van der Waals surface area contributed by atoms with Gasteiger partial charge in [0.1, 0.15) is 0 Å². The minimum absolute atomic E-state index is 0.711. The van der Waals surface area contributed by atoms with E-state index < -0.39 is 0 Å². The summed E-state index contributed by atoms with van der Waals surface area (Å²) in [5.74, 6) is 1.56. The Morgan fingerprint density at radius 2 is 1.88 bits per heavy atom. The molecule has 100 valence electrons. The molecule has 0 amide bonds. The van der Waals surface area contributed by atoms with Crippen LogP contribution in [0.15, 0.2) is 4.99 Å². The summed E-state index contributed by atoms with van der Waals surface area (Å²) in [4.78, 5) is 9.00. The molecule has 1 heterocycles. The van der Waals surface area contributed by atoms with Gasteiger partial charge in [0.05, 0.1) is 0 Å². The van der Waals surface area contributed by atoms with E-state index in [9.17, 15) is 0 Å². The Kier molecular flexibility index (Phi) is 6.34. The SMILES string of the molecule is CCN(CC)C(N)=NCCC1CCN(C)CC1. The van der Waals surface area contributed by atoms with Crippen molar-refractivity contribution in [3.8, 4) is 0 Å². The number of nitrogens with two attached hydrogens (primary N) is 1. The number of hydrogen-bond acceptors (Lipinski definition) is 2. The van der Waals surface area contributed by atoms with Gasteiger partial charge in [-0.05, 0) is 59.2 Å². The highest BCUT2D eigenvalue weighted by molar-refractivity contribution is 5.77. The minimum Gasteiger partial charge on any atom is -0.370 e. The van der Waals surface area contributed by atoms with E-state index in [-0.39, 0.29) is 0 Å². The number of hydrogen-bond donors (Lipinski definition) is 1. The summed E-state index contributed by atoms with van der Waals surface area (Å²) in [5, 5.41) is 0. The van der Waals surface area contributed by atoms with E-state index in [1.807, 2.05) is 0 Å². The molecule has 2 N–H and O–H groups in total. The highest BCUT2D eigenvalue weighted by Gasteiger charge is 2.15. The van der Waals surface area contributed by atoms with Crippen LogP contribution in [0.3, 0.4) is 0 Å². The quantitative estimate of drug-likeness (QED) is 0.583. The Morgan fingerprint density at radius 1 is 1.29 bits per heavy atom. The highest BCUT2D eigenvalue weighted by Crippen LogP contribution is 2.19. The fourth-order valence-electron chi connectivity index (χ4n) is 2.36. The second kappa shape index (κ2) is 7.54. The largest absolute Gasteiger partial charge is 0.370 e. The summed E-state index contributed by atoms with van der Waals surface area (Å²) in [6, 6.07) is 0. The number of piperidine rings is 1. The van der Waals surface area contributed by atoms with Gasteiger partial charge in [-0.2, -0.15) is 0 Å². The van der Waals surface area contributed by atoms with E-state index in [0.29, 0.717) is 5.96 Å². The van der Waals surface area contributed by atoms with Crippen molar-refractivity contribution >= 4 is 5.96 Å². The molecule has 1 saturated heterocycles. The van der Waals surface area contributed by atoms with Crippen LogP contribution in [0.5, 0.6) is 0 Å². The van der Waals surface area contributed by atoms with E-state index in [0.717, 1.165) is 25.6 Å². The average Bonchev–Trinajstić information content (AvgIpc) is 2.33. The summed E-state index contributed by atoms with van der Waals surface area (Å²) in [5.41, 5.74) is 5.94. The van der Waals surface area contributed by atoms with Crippen molar-refractivity contribution in [2.24, 2.45) is 16.6 Å². The van der Waals surface area contributed by atoms with Gasteiger partial charge in [-0.1, -0.05) is 0 Å². The van der Waals surface area contributed by atoms with Gasteiger partial charge >= 0.3 is 0 Å². The van der Waals surface area contributed by atoms with E-state index >= 15 is 0 Å². The first-order valence-corrected chi connectivity index (χ1v) is 6.90. The van der Waals surface area contributed by atoms with Crippen LogP contribution in [0.25, 0.3) is 0 Å². The third-order valence-corrected chi connectivity index (χ3v) is 3.74. The Labute approximate surface area is 106 Å². The molecule has 0 radical (unpaired) electrons. The summed E-state index contributed by atoms with van der Waals surface area (Å²) in [7, 11) is 2.20. The van der Waals surface area contributed by atoms with E-state index in [4.69, 9.17) is 5.73 Å². The van der Waals surface area contributed by atoms with Crippen molar-refractivity contribution in [3.63, 3.8) is 0 Å². The summed E-state index contributed by atoms with van der Waals surface area (Å²) >= 11 is 0. The lowest BCUT2D eigenvalue weighted by atomic mass is 9.94. The normalized spacial score (nSPS) is 19.6. The monoisotopic (exact) mass is 240 g/mol. The highest BCUT2D eigenvalue weighted by atomic mass is 15.2. The predicted molar refractivity (Wildman–Crippen MR) is 74.2 cm³/mol. The van der Waals surface area contributed by atoms with Gasteiger partial charge < -0.3 is 15.5 Å². The van der Waals surface area contributed by atoms with Crippen molar-refractivity contribution < 1.29 is 0 Å². The van der Waals surface area contributed by atoms with Crippen molar-refractivity contribution in [1.29, 1.82) is 0 Å². The first kappa shape index (κ1) is 14.3. The molecule has 0 spiro atoms. The molecule has 0 bridgehead atoms. The standard InChI is InChI=1S/C13H28N4/c1-4-17(5-2)13(14)15-9-6-12-7-10-16(3)11-8-12/h12H,4-11H2,1-3H3,(H2,14,15).